The minimum atomic E-state index is -0.0800. The molecule has 2 aromatic carbocycles. The van der Waals surface area contributed by atoms with E-state index in [1.807, 2.05) is 30.3 Å². The van der Waals surface area contributed by atoms with Crippen molar-refractivity contribution in [1.29, 1.82) is 0 Å². The number of aromatic nitrogens is 2. The Morgan fingerprint density at radius 3 is 2.71 bits per heavy atom. The summed E-state index contributed by atoms with van der Waals surface area (Å²) in [5.41, 5.74) is 5.42. The summed E-state index contributed by atoms with van der Waals surface area (Å²) in [5.74, 6) is 0.636. The highest BCUT2D eigenvalue weighted by atomic mass is 35.5. The molecular formula is C24H24ClN5O. The van der Waals surface area contributed by atoms with Crippen molar-refractivity contribution < 1.29 is 4.79 Å². The van der Waals surface area contributed by atoms with Gasteiger partial charge in [0.1, 0.15) is 0 Å². The zero-order chi connectivity index (χ0) is 21.4. The summed E-state index contributed by atoms with van der Waals surface area (Å²) in [7, 11) is 1.84. The number of hydrogen-bond acceptors (Lipinski definition) is 4. The second kappa shape index (κ2) is 7.85. The third kappa shape index (κ3) is 3.61. The van der Waals surface area contributed by atoms with Crippen LogP contribution < -0.4 is 10.6 Å². The third-order valence-corrected chi connectivity index (χ3v) is 6.69. The van der Waals surface area contributed by atoms with Crippen molar-refractivity contribution in [3.8, 4) is 11.3 Å². The minimum Gasteiger partial charge on any atom is -0.357 e. The summed E-state index contributed by atoms with van der Waals surface area (Å²) < 4.78 is 0. The summed E-state index contributed by atoms with van der Waals surface area (Å²) in [6, 6.07) is 15.7. The van der Waals surface area contributed by atoms with Crippen molar-refractivity contribution >= 4 is 29.3 Å². The second-order valence-corrected chi connectivity index (χ2v) is 8.68. The van der Waals surface area contributed by atoms with Gasteiger partial charge >= 0.3 is 6.03 Å². The summed E-state index contributed by atoms with van der Waals surface area (Å²) in [6.45, 7) is 1.40. The molecule has 2 aliphatic rings. The number of rotatable bonds is 2. The fourth-order valence-corrected chi connectivity index (χ4v) is 5.04. The average molecular weight is 434 g/mol. The van der Waals surface area contributed by atoms with Crippen LogP contribution in [0.2, 0.25) is 5.02 Å². The van der Waals surface area contributed by atoms with Gasteiger partial charge in [0.2, 0.25) is 5.95 Å². The van der Waals surface area contributed by atoms with E-state index in [0.717, 1.165) is 25.0 Å². The molecule has 1 fully saturated rings. The predicted octanol–water partition coefficient (Wildman–Crippen LogP) is 4.96. The summed E-state index contributed by atoms with van der Waals surface area (Å²) in [6.07, 6.45) is 4.65. The topological polar surface area (TPSA) is 70.2 Å². The molecule has 0 bridgehead atoms. The van der Waals surface area contributed by atoms with Gasteiger partial charge in [-0.25, -0.2) is 14.8 Å². The number of nitrogens with zero attached hydrogens (tertiary/aromatic N) is 3. The molecule has 31 heavy (non-hydrogen) atoms. The molecule has 6 nitrogen and oxygen atoms in total. The quantitative estimate of drug-likeness (QED) is 0.599. The Bertz CT molecular complexity index is 1140. The maximum Gasteiger partial charge on any atom is 0.321 e. The third-order valence-electron chi connectivity index (χ3n) is 6.45. The van der Waals surface area contributed by atoms with E-state index in [-0.39, 0.29) is 11.4 Å². The van der Waals surface area contributed by atoms with Gasteiger partial charge in [0.15, 0.2) is 0 Å². The fourth-order valence-electron chi connectivity index (χ4n) is 4.85. The molecule has 1 spiro atoms. The number of nitrogens with one attached hydrogen (secondary N) is 2. The van der Waals surface area contributed by atoms with Crippen LogP contribution in [0.4, 0.5) is 16.4 Å². The largest absolute Gasteiger partial charge is 0.357 e. The van der Waals surface area contributed by atoms with Crippen molar-refractivity contribution in [3.63, 3.8) is 0 Å². The van der Waals surface area contributed by atoms with E-state index in [1.54, 1.807) is 12.1 Å². The average Bonchev–Trinajstić information content (AvgIpc) is 2.79. The van der Waals surface area contributed by atoms with Crippen LogP contribution in [-0.2, 0) is 11.8 Å². The molecule has 0 atom stereocenters. The van der Waals surface area contributed by atoms with E-state index in [1.165, 1.54) is 16.7 Å². The van der Waals surface area contributed by atoms with Crippen LogP contribution in [0, 0.1) is 0 Å². The Morgan fingerprint density at radius 2 is 1.94 bits per heavy atom. The Labute approximate surface area is 186 Å². The zero-order valence-electron chi connectivity index (χ0n) is 17.4. The van der Waals surface area contributed by atoms with Crippen molar-refractivity contribution in [2.24, 2.45) is 0 Å². The van der Waals surface area contributed by atoms with Gasteiger partial charge in [-0.15, -0.1) is 0 Å². The lowest BCUT2D eigenvalue weighted by Crippen LogP contribution is -2.48. The molecule has 2 heterocycles. The first-order valence-electron chi connectivity index (χ1n) is 10.5. The minimum absolute atomic E-state index is 0.000941. The summed E-state index contributed by atoms with van der Waals surface area (Å²) in [5, 5.41) is 6.61. The first kappa shape index (κ1) is 19.8. The second-order valence-electron chi connectivity index (χ2n) is 8.25. The molecule has 1 aliphatic heterocycles. The van der Waals surface area contributed by atoms with Gasteiger partial charge in [0, 0.05) is 48.0 Å². The van der Waals surface area contributed by atoms with Crippen molar-refractivity contribution in [3.05, 3.63) is 70.9 Å². The summed E-state index contributed by atoms with van der Waals surface area (Å²) in [4.78, 5) is 23.9. The number of halogens is 1. The monoisotopic (exact) mass is 433 g/mol. The molecule has 7 heteroatoms. The zero-order valence-corrected chi connectivity index (χ0v) is 18.1. The SMILES string of the molecule is CNc1ncc2c(n1)-c1ccccc1C1(CCN(C(=O)Nc3cccc(Cl)c3)CC1)C2. The van der Waals surface area contributed by atoms with Crippen LogP contribution in [-0.4, -0.2) is 41.0 Å². The lowest BCUT2D eigenvalue weighted by molar-refractivity contribution is 0.166. The maximum absolute atomic E-state index is 12.8. The van der Waals surface area contributed by atoms with Crippen molar-refractivity contribution in [1.82, 2.24) is 14.9 Å². The highest BCUT2D eigenvalue weighted by Gasteiger charge is 2.42. The number of urea groups is 1. The van der Waals surface area contributed by atoms with Gasteiger partial charge < -0.3 is 15.5 Å². The van der Waals surface area contributed by atoms with E-state index in [2.05, 4.69) is 39.9 Å². The number of hydrogen-bond donors (Lipinski definition) is 2. The smallest absolute Gasteiger partial charge is 0.321 e. The van der Waals surface area contributed by atoms with Gasteiger partial charge in [0.25, 0.3) is 0 Å². The Morgan fingerprint density at radius 1 is 1.13 bits per heavy atom. The Balaban J connectivity index is 1.38. The normalized spacial score (nSPS) is 16.4. The fraction of sp³-hybridized carbons (Fsp3) is 0.292. The number of benzene rings is 2. The van der Waals surface area contributed by atoms with E-state index < -0.39 is 0 Å². The first-order valence-corrected chi connectivity index (χ1v) is 10.9. The predicted molar refractivity (Wildman–Crippen MR) is 124 cm³/mol. The van der Waals surface area contributed by atoms with Gasteiger partial charge in [-0.1, -0.05) is 41.9 Å². The number of anilines is 2. The molecular weight excluding hydrogens is 410 g/mol. The highest BCUT2D eigenvalue weighted by Crippen LogP contribution is 2.47. The van der Waals surface area contributed by atoms with Crippen LogP contribution in [0.25, 0.3) is 11.3 Å². The lowest BCUT2D eigenvalue weighted by atomic mass is 9.64. The number of carbonyl (C=O) groups is 1. The number of piperidine rings is 1. The molecule has 0 saturated carbocycles. The van der Waals surface area contributed by atoms with E-state index >= 15 is 0 Å². The van der Waals surface area contributed by atoms with Crippen LogP contribution in [0.5, 0.6) is 0 Å². The van der Waals surface area contributed by atoms with Gasteiger partial charge in [-0.3, -0.25) is 0 Å². The molecule has 0 unspecified atom stereocenters. The van der Waals surface area contributed by atoms with Crippen LogP contribution in [0.1, 0.15) is 24.0 Å². The number of likely N-dealkylation sites (tertiary alicyclic amines) is 1. The molecule has 158 valence electrons. The van der Waals surface area contributed by atoms with Crippen molar-refractivity contribution in [2.45, 2.75) is 24.7 Å². The first-order chi connectivity index (χ1) is 15.1. The Kier molecular flexibility index (Phi) is 5.02. The molecule has 2 amide bonds. The van der Waals surface area contributed by atoms with Crippen LogP contribution in [0.15, 0.2) is 54.7 Å². The molecule has 2 N–H and O–H groups in total. The van der Waals surface area contributed by atoms with Crippen LogP contribution >= 0.6 is 11.6 Å². The number of amides is 2. The Hall–Kier alpha value is -3.12. The van der Waals surface area contributed by atoms with Crippen molar-refractivity contribution in [2.75, 3.05) is 30.8 Å². The van der Waals surface area contributed by atoms with Gasteiger partial charge in [-0.2, -0.15) is 0 Å². The molecule has 3 aromatic rings. The highest BCUT2D eigenvalue weighted by molar-refractivity contribution is 6.30. The number of fused-ring (bicyclic) bond motifs is 4. The van der Waals surface area contributed by atoms with E-state index in [0.29, 0.717) is 29.7 Å². The van der Waals surface area contributed by atoms with Gasteiger partial charge in [0.05, 0.1) is 5.69 Å². The standard InChI is InChI=1S/C24H24ClN5O/c1-26-22-27-15-16-14-24(20-8-3-2-7-19(20)21(16)29-22)9-11-30(12-10-24)23(31)28-18-6-4-5-17(25)13-18/h2-8,13,15H,9-12,14H2,1H3,(H,28,31)(H,26,27,29). The molecule has 1 saturated heterocycles. The molecule has 1 aromatic heterocycles. The summed E-state index contributed by atoms with van der Waals surface area (Å²) >= 11 is 6.04. The van der Waals surface area contributed by atoms with Crippen LogP contribution in [0.3, 0.4) is 0 Å². The maximum atomic E-state index is 12.8. The van der Waals surface area contributed by atoms with Gasteiger partial charge in [-0.05, 0) is 48.6 Å². The lowest BCUT2D eigenvalue weighted by Gasteiger charge is -2.45. The van der Waals surface area contributed by atoms with E-state index in [4.69, 9.17) is 16.6 Å². The molecule has 5 rings (SSSR count). The molecule has 0 radical (unpaired) electrons. The molecule has 1 aliphatic carbocycles. The van der Waals surface area contributed by atoms with E-state index in [9.17, 15) is 4.79 Å². The number of carbonyl (C=O) groups excluding carboxylic acids is 1.